The molecule has 0 unspecified atom stereocenters. The Balaban J connectivity index is 1.30. The Morgan fingerprint density at radius 2 is 1.89 bits per heavy atom. The number of hydrogen-bond acceptors (Lipinski definition) is 7. The van der Waals surface area contributed by atoms with Crippen LogP contribution in [-0.2, 0) is 22.5 Å². The molecule has 180 valence electrons. The molecule has 3 heterocycles. The molecule has 0 bridgehead atoms. The Labute approximate surface area is 205 Å². The van der Waals surface area contributed by atoms with Gasteiger partial charge in [-0.3, -0.25) is 4.79 Å². The minimum absolute atomic E-state index is 0.217. The predicted molar refractivity (Wildman–Crippen MR) is 140 cm³/mol. The van der Waals surface area contributed by atoms with Gasteiger partial charge in [-0.2, -0.15) is 4.98 Å². The van der Waals surface area contributed by atoms with Crippen LogP contribution in [0.25, 0.3) is 0 Å². The van der Waals surface area contributed by atoms with E-state index in [1.165, 1.54) is 17.3 Å². The van der Waals surface area contributed by atoms with Crippen molar-refractivity contribution in [2.75, 3.05) is 53.3 Å². The number of benzene rings is 2. The molecular formula is C27H30N6O2. The molecule has 1 amide bonds. The number of nitrogens with one attached hydrogen (secondary N) is 2. The van der Waals surface area contributed by atoms with Crippen molar-refractivity contribution in [3.8, 4) is 0 Å². The number of carbonyl (C=O) groups excluding carboxylic acids is 1. The highest BCUT2D eigenvalue weighted by Gasteiger charge is 2.24. The molecule has 0 aliphatic carbocycles. The molecular weight excluding hydrogens is 440 g/mol. The molecule has 8 nitrogen and oxygen atoms in total. The summed E-state index contributed by atoms with van der Waals surface area (Å²) < 4.78 is 5.45. The summed E-state index contributed by atoms with van der Waals surface area (Å²) in [6.07, 6.45) is 2.19. The lowest BCUT2D eigenvalue weighted by Gasteiger charge is -2.28. The number of nitrogens with zero attached hydrogens (tertiary/aromatic N) is 4. The number of fused-ring (bicyclic) bond motifs is 1. The van der Waals surface area contributed by atoms with Crippen LogP contribution in [0.5, 0.6) is 0 Å². The zero-order chi connectivity index (χ0) is 24.2. The first-order chi connectivity index (χ1) is 17.1. The second kappa shape index (κ2) is 10.1. The van der Waals surface area contributed by atoms with E-state index < -0.39 is 0 Å². The molecule has 5 rings (SSSR count). The van der Waals surface area contributed by atoms with Gasteiger partial charge in [0.2, 0.25) is 11.9 Å². The highest BCUT2D eigenvalue weighted by molar-refractivity contribution is 5.98. The lowest BCUT2D eigenvalue weighted by atomic mass is 10.2. The molecule has 3 aromatic rings. The van der Waals surface area contributed by atoms with E-state index in [1.54, 1.807) is 0 Å². The summed E-state index contributed by atoms with van der Waals surface area (Å²) in [6.45, 7) is 10.5. The molecule has 1 saturated heterocycles. The smallest absolute Gasteiger partial charge is 0.247 e. The van der Waals surface area contributed by atoms with E-state index in [0.717, 1.165) is 67.7 Å². The lowest BCUT2D eigenvalue weighted by Crippen LogP contribution is -2.36. The maximum atomic E-state index is 11.7. The summed E-state index contributed by atoms with van der Waals surface area (Å²) in [5.74, 6) is 1.34. The minimum Gasteiger partial charge on any atom is -0.378 e. The fourth-order valence-electron chi connectivity index (χ4n) is 4.57. The van der Waals surface area contributed by atoms with Gasteiger partial charge in [-0.05, 0) is 61.4 Å². The average Bonchev–Trinajstić information content (AvgIpc) is 3.28. The molecule has 0 radical (unpaired) electrons. The van der Waals surface area contributed by atoms with Crippen LogP contribution in [0.3, 0.4) is 0 Å². The minimum atomic E-state index is -0.217. The summed E-state index contributed by atoms with van der Waals surface area (Å²) in [7, 11) is 0. The summed E-state index contributed by atoms with van der Waals surface area (Å²) in [4.78, 5) is 25.8. The number of rotatable bonds is 7. The summed E-state index contributed by atoms with van der Waals surface area (Å²) in [5.41, 5.74) is 6.20. The van der Waals surface area contributed by atoms with Crippen LogP contribution >= 0.6 is 0 Å². The quantitative estimate of drug-likeness (QED) is 0.504. The van der Waals surface area contributed by atoms with Crippen LogP contribution in [-0.4, -0.2) is 48.7 Å². The van der Waals surface area contributed by atoms with Crippen molar-refractivity contribution in [2.24, 2.45) is 0 Å². The van der Waals surface area contributed by atoms with Crippen LogP contribution in [0.4, 0.5) is 28.8 Å². The van der Waals surface area contributed by atoms with Crippen LogP contribution in [0, 0.1) is 6.92 Å². The van der Waals surface area contributed by atoms with Crippen molar-refractivity contribution in [1.82, 2.24) is 9.97 Å². The summed E-state index contributed by atoms with van der Waals surface area (Å²) >= 11 is 0. The number of ether oxygens (including phenoxy) is 1. The van der Waals surface area contributed by atoms with Gasteiger partial charge < -0.3 is 25.2 Å². The Kier molecular flexibility index (Phi) is 6.63. The lowest BCUT2D eigenvalue weighted by molar-refractivity contribution is -0.111. The van der Waals surface area contributed by atoms with Gasteiger partial charge in [0.05, 0.1) is 13.2 Å². The number of aromatic nitrogens is 2. The van der Waals surface area contributed by atoms with Gasteiger partial charge in [-0.25, -0.2) is 4.98 Å². The van der Waals surface area contributed by atoms with Gasteiger partial charge in [0.15, 0.2) is 0 Å². The summed E-state index contributed by atoms with van der Waals surface area (Å²) in [6, 6.07) is 16.3. The van der Waals surface area contributed by atoms with Crippen LogP contribution in [0.15, 0.2) is 61.2 Å². The molecule has 0 spiro atoms. The molecule has 2 aliphatic rings. The van der Waals surface area contributed by atoms with Crippen LogP contribution in [0.1, 0.15) is 16.8 Å². The number of carbonyl (C=O) groups is 1. The van der Waals surface area contributed by atoms with Crippen molar-refractivity contribution in [2.45, 2.75) is 19.9 Å². The highest BCUT2D eigenvalue weighted by atomic mass is 16.5. The Hall–Kier alpha value is -3.91. The topological polar surface area (TPSA) is 82.6 Å². The maximum absolute atomic E-state index is 11.7. The van der Waals surface area contributed by atoms with Gasteiger partial charge in [0, 0.05) is 54.5 Å². The second-order valence-electron chi connectivity index (χ2n) is 8.77. The van der Waals surface area contributed by atoms with Crippen molar-refractivity contribution in [3.63, 3.8) is 0 Å². The monoisotopic (exact) mass is 470 g/mol. The molecule has 2 aliphatic heterocycles. The van der Waals surface area contributed by atoms with Crippen molar-refractivity contribution >= 4 is 34.7 Å². The third-order valence-corrected chi connectivity index (χ3v) is 6.38. The first-order valence-electron chi connectivity index (χ1n) is 11.9. The Morgan fingerprint density at radius 3 is 2.66 bits per heavy atom. The van der Waals surface area contributed by atoms with Crippen LogP contribution in [0.2, 0.25) is 0 Å². The number of amides is 1. The van der Waals surface area contributed by atoms with Crippen molar-refractivity contribution in [3.05, 3.63) is 78.0 Å². The number of morpholine rings is 1. The SMILES string of the molecule is C=CC(=O)Nc1cccc(CN2CCc3c(C)nc(Nc4ccc(N5CCOCC5)cc4)nc32)c1. The van der Waals surface area contributed by atoms with Gasteiger partial charge in [0.25, 0.3) is 0 Å². The molecule has 35 heavy (non-hydrogen) atoms. The molecule has 0 saturated carbocycles. The first-order valence-corrected chi connectivity index (χ1v) is 11.9. The van der Waals surface area contributed by atoms with Crippen molar-refractivity contribution in [1.29, 1.82) is 0 Å². The zero-order valence-electron chi connectivity index (χ0n) is 20.0. The third kappa shape index (κ3) is 5.27. The fraction of sp³-hybridized carbons (Fsp3) is 0.296. The molecule has 8 heteroatoms. The first kappa shape index (κ1) is 22.9. The molecule has 1 fully saturated rings. The Bertz CT molecular complexity index is 1220. The molecule has 2 N–H and O–H groups in total. The normalized spacial score (nSPS) is 15.0. The van der Waals surface area contributed by atoms with Gasteiger partial charge in [0.1, 0.15) is 5.82 Å². The average molecular weight is 471 g/mol. The third-order valence-electron chi connectivity index (χ3n) is 6.38. The molecule has 1 aromatic heterocycles. The summed E-state index contributed by atoms with van der Waals surface area (Å²) in [5, 5.41) is 6.20. The molecule has 2 aromatic carbocycles. The van der Waals surface area contributed by atoms with Crippen molar-refractivity contribution < 1.29 is 9.53 Å². The number of aryl methyl sites for hydroxylation is 1. The van der Waals surface area contributed by atoms with E-state index >= 15 is 0 Å². The van der Waals surface area contributed by atoms with Gasteiger partial charge in [-0.15, -0.1) is 0 Å². The second-order valence-corrected chi connectivity index (χ2v) is 8.77. The van der Waals surface area contributed by atoms with Gasteiger partial charge in [-0.1, -0.05) is 18.7 Å². The number of hydrogen-bond donors (Lipinski definition) is 2. The van der Waals surface area contributed by atoms with E-state index in [1.807, 2.05) is 25.1 Å². The van der Waals surface area contributed by atoms with Crippen LogP contribution < -0.4 is 20.4 Å². The van der Waals surface area contributed by atoms with E-state index in [-0.39, 0.29) is 5.91 Å². The molecule has 0 atom stereocenters. The van der Waals surface area contributed by atoms with E-state index in [2.05, 4.69) is 57.3 Å². The zero-order valence-corrected chi connectivity index (χ0v) is 20.0. The fourth-order valence-corrected chi connectivity index (χ4v) is 4.57. The van der Waals surface area contributed by atoms with Gasteiger partial charge >= 0.3 is 0 Å². The highest BCUT2D eigenvalue weighted by Crippen LogP contribution is 2.31. The van der Waals surface area contributed by atoms with E-state index in [0.29, 0.717) is 12.5 Å². The van der Waals surface area contributed by atoms with E-state index in [4.69, 9.17) is 14.7 Å². The standard InChI is InChI=1S/C27H30N6O2/c1-3-25(34)29-22-6-4-5-20(17-22)18-33-12-11-24-19(2)28-27(31-26(24)33)30-21-7-9-23(10-8-21)32-13-15-35-16-14-32/h3-10,17H,1,11-16,18H2,2H3,(H,29,34)(H,28,30,31). The largest absolute Gasteiger partial charge is 0.378 e. The number of anilines is 5. The maximum Gasteiger partial charge on any atom is 0.247 e. The van der Waals surface area contributed by atoms with E-state index in [9.17, 15) is 4.79 Å². The Morgan fingerprint density at radius 1 is 1.09 bits per heavy atom. The predicted octanol–water partition coefficient (Wildman–Crippen LogP) is 4.05.